The van der Waals surface area contributed by atoms with Gasteiger partial charge in [-0.2, -0.15) is 0 Å². The number of hydrogen-bond acceptors (Lipinski definition) is 4. The summed E-state index contributed by atoms with van der Waals surface area (Å²) in [6, 6.07) is 15.2. The molecule has 0 aliphatic heterocycles. The molecule has 3 N–H and O–H groups in total. The maximum absolute atomic E-state index is 12.8. The van der Waals surface area contributed by atoms with E-state index in [0.29, 0.717) is 17.4 Å². The average Bonchev–Trinajstić information content (AvgIpc) is 2.74. The minimum absolute atomic E-state index is 0.220. The molecule has 2 amide bonds. The summed E-state index contributed by atoms with van der Waals surface area (Å²) in [5, 5.41) is 3.01. The van der Waals surface area contributed by atoms with Crippen molar-refractivity contribution in [1.29, 1.82) is 0 Å². The highest BCUT2D eigenvalue weighted by Gasteiger charge is 2.19. The first-order valence-corrected chi connectivity index (χ1v) is 10.1. The molecule has 3 rings (SSSR count). The van der Waals surface area contributed by atoms with Crippen LogP contribution < -0.4 is 15.8 Å². The van der Waals surface area contributed by atoms with Crippen molar-refractivity contribution in [2.75, 3.05) is 19.0 Å². The van der Waals surface area contributed by atoms with Crippen molar-refractivity contribution in [2.45, 2.75) is 44.7 Å². The summed E-state index contributed by atoms with van der Waals surface area (Å²) in [5.41, 5.74) is 7.47. The first-order valence-electron chi connectivity index (χ1n) is 10.1. The number of nitrogens with zero attached hydrogens (tertiary/aromatic N) is 1. The Hall–Kier alpha value is -2.86. The zero-order valence-electron chi connectivity index (χ0n) is 16.9. The summed E-state index contributed by atoms with van der Waals surface area (Å²) in [6.07, 6.45) is 6.40. The minimum Gasteiger partial charge on any atom is -0.484 e. The Bertz CT molecular complexity index is 847. The van der Waals surface area contributed by atoms with Gasteiger partial charge >= 0.3 is 0 Å². The van der Waals surface area contributed by atoms with Crippen LogP contribution in [-0.2, 0) is 11.3 Å². The number of ether oxygens (including phenoxy) is 1. The fraction of sp³-hybridized carbons (Fsp3) is 0.391. The predicted molar refractivity (Wildman–Crippen MR) is 114 cm³/mol. The fourth-order valence-corrected chi connectivity index (χ4v) is 3.78. The lowest BCUT2D eigenvalue weighted by atomic mass is 9.94. The molecule has 0 saturated heterocycles. The van der Waals surface area contributed by atoms with Crippen molar-refractivity contribution in [3.8, 4) is 5.75 Å². The number of benzene rings is 2. The topological polar surface area (TPSA) is 84.7 Å². The van der Waals surface area contributed by atoms with Crippen LogP contribution in [0.1, 0.15) is 48.0 Å². The number of amides is 2. The monoisotopic (exact) mass is 395 g/mol. The van der Waals surface area contributed by atoms with Crippen molar-refractivity contribution in [2.24, 2.45) is 5.73 Å². The summed E-state index contributed by atoms with van der Waals surface area (Å²) in [7, 11) is 2.16. The summed E-state index contributed by atoms with van der Waals surface area (Å²) in [4.78, 5) is 26.0. The van der Waals surface area contributed by atoms with Gasteiger partial charge in [0, 0.05) is 23.8 Å². The molecule has 154 valence electrons. The van der Waals surface area contributed by atoms with Crippen LogP contribution in [0.15, 0.2) is 48.5 Å². The van der Waals surface area contributed by atoms with Crippen LogP contribution in [0, 0.1) is 0 Å². The second kappa shape index (κ2) is 10.1. The quantitative estimate of drug-likeness (QED) is 0.716. The number of hydrogen-bond donors (Lipinski definition) is 2. The molecule has 1 aliphatic carbocycles. The molecule has 1 aliphatic rings. The third-order valence-electron chi connectivity index (χ3n) is 5.36. The number of nitrogens with one attached hydrogen (secondary N) is 1. The van der Waals surface area contributed by atoms with Gasteiger partial charge in [-0.3, -0.25) is 14.5 Å². The molecular formula is C23H29N3O3. The third-order valence-corrected chi connectivity index (χ3v) is 5.36. The largest absolute Gasteiger partial charge is 0.484 e. The Morgan fingerprint density at radius 3 is 2.62 bits per heavy atom. The van der Waals surface area contributed by atoms with Gasteiger partial charge in [-0.1, -0.05) is 43.5 Å². The van der Waals surface area contributed by atoms with Crippen LogP contribution in [0.5, 0.6) is 5.75 Å². The van der Waals surface area contributed by atoms with Crippen LogP contribution in [0.2, 0.25) is 0 Å². The van der Waals surface area contributed by atoms with Crippen LogP contribution in [-0.4, -0.2) is 36.4 Å². The molecule has 2 aromatic carbocycles. The van der Waals surface area contributed by atoms with E-state index in [1.807, 2.05) is 18.2 Å². The molecule has 0 heterocycles. The van der Waals surface area contributed by atoms with Gasteiger partial charge in [0.05, 0.1) is 0 Å². The smallest absolute Gasteiger partial charge is 0.255 e. The lowest BCUT2D eigenvalue weighted by molar-refractivity contribution is -0.119. The zero-order valence-corrected chi connectivity index (χ0v) is 16.9. The van der Waals surface area contributed by atoms with Gasteiger partial charge in [-0.15, -0.1) is 0 Å². The van der Waals surface area contributed by atoms with Crippen molar-refractivity contribution in [3.63, 3.8) is 0 Å². The first kappa shape index (κ1) is 20.9. The standard InChI is InChI=1S/C23H29N3O3/c1-26(19-10-3-2-4-11-19)15-18-8-5-6-13-21(18)25-23(28)17-9-7-12-20(14-17)29-16-22(24)27/h5-9,12-14,19H,2-4,10-11,15-16H2,1H3,(H2,24,27)(H,25,28). The second-order valence-corrected chi connectivity index (χ2v) is 7.60. The van der Waals surface area contributed by atoms with Gasteiger partial charge in [0.15, 0.2) is 6.61 Å². The van der Waals surface area contributed by atoms with Gasteiger partial charge in [0.2, 0.25) is 0 Å². The number of primary amides is 1. The Morgan fingerprint density at radius 1 is 1.10 bits per heavy atom. The maximum atomic E-state index is 12.8. The maximum Gasteiger partial charge on any atom is 0.255 e. The molecule has 0 spiro atoms. The van der Waals surface area contributed by atoms with Crippen molar-refractivity contribution < 1.29 is 14.3 Å². The molecule has 0 aromatic heterocycles. The molecule has 0 bridgehead atoms. The molecule has 6 heteroatoms. The summed E-state index contributed by atoms with van der Waals surface area (Å²) < 4.78 is 5.29. The summed E-state index contributed by atoms with van der Waals surface area (Å²) in [5.74, 6) is -0.347. The number of nitrogens with two attached hydrogens (primary N) is 1. The van der Waals surface area contributed by atoms with E-state index in [2.05, 4.69) is 23.3 Å². The third kappa shape index (κ3) is 6.06. The number of para-hydroxylation sites is 1. The van der Waals surface area contributed by atoms with Gasteiger partial charge in [0.25, 0.3) is 11.8 Å². The van der Waals surface area contributed by atoms with Crippen LogP contribution in [0.4, 0.5) is 5.69 Å². The van der Waals surface area contributed by atoms with E-state index in [-0.39, 0.29) is 12.5 Å². The lowest BCUT2D eigenvalue weighted by Crippen LogP contribution is -2.33. The Balaban J connectivity index is 1.67. The first-order chi connectivity index (χ1) is 14.0. The van der Waals surface area contributed by atoms with Crippen LogP contribution >= 0.6 is 0 Å². The Labute approximate surface area is 172 Å². The Kier molecular flexibility index (Phi) is 7.25. The van der Waals surface area contributed by atoms with Crippen LogP contribution in [0.25, 0.3) is 0 Å². The van der Waals surface area contributed by atoms with Crippen molar-refractivity contribution in [1.82, 2.24) is 4.90 Å². The molecule has 0 atom stereocenters. The number of carbonyl (C=O) groups is 2. The van der Waals surface area contributed by atoms with Gasteiger partial charge < -0.3 is 15.8 Å². The van der Waals surface area contributed by atoms with Crippen molar-refractivity contribution >= 4 is 17.5 Å². The fourth-order valence-electron chi connectivity index (χ4n) is 3.78. The van der Waals surface area contributed by atoms with E-state index in [0.717, 1.165) is 17.8 Å². The minimum atomic E-state index is -0.559. The molecule has 0 unspecified atom stereocenters. The number of anilines is 1. The summed E-state index contributed by atoms with van der Waals surface area (Å²) in [6.45, 7) is 0.574. The molecule has 0 radical (unpaired) electrons. The second-order valence-electron chi connectivity index (χ2n) is 7.60. The molecule has 2 aromatic rings. The Morgan fingerprint density at radius 2 is 1.86 bits per heavy atom. The van der Waals surface area contributed by atoms with E-state index in [9.17, 15) is 9.59 Å². The average molecular weight is 396 g/mol. The highest BCUT2D eigenvalue weighted by molar-refractivity contribution is 6.04. The van der Waals surface area contributed by atoms with E-state index < -0.39 is 5.91 Å². The molecule has 6 nitrogen and oxygen atoms in total. The lowest BCUT2D eigenvalue weighted by Gasteiger charge is -2.31. The van der Waals surface area contributed by atoms with Crippen LogP contribution in [0.3, 0.4) is 0 Å². The SMILES string of the molecule is CN(Cc1ccccc1NC(=O)c1cccc(OCC(N)=O)c1)C1CCCCC1. The number of rotatable bonds is 8. The molecule has 1 fully saturated rings. The van der Waals surface area contributed by atoms with E-state index in [4.69, 9.17) is 10.5 Å². The highest BCUT2D eigenvalue weighted by Crippen LogP contribution is 2.25. The normalized spacial score (nSPS) is 14.6. The molecule has 29 heavy (non-hydrogen) atoms. The van der Waals surface area contributed by atoms with Gasteiger partial charge in [0.1, 0.15) is 5.75 Å². The van der Waals surface area contributed by atoms with E-state index >= 15 is 0 Å². The summed E-state index contributed by atoms with van der Waals surface area (Å²) >= 11 is 0. The highest BCUT2D eigenvalue weighted by atomic mass is 16.5. The zero-order chi connectivity index (χ0) is 20.6. The molecular weight excluding hydrogens is 366 g/mol. The molecule has 1 saturated carbocycles. The number of carbonyl (C=O) groups excluding carboxylic acids is 2. The van der Waals surface area contributed by atoms with Gasteiger partial charge in [-0.25, -0.2) is 0 Å². The van der Waals surface area contributed by atoms with Gasteiger partial charge in [-0.05, 0) is 49.7 Å². The van der Waals surface area contributed by atoms with E-state index in [1.165, 1.54) is 32.1 Å². The van der Waals surface area contributed by atoms with E-state index in [1.54, 1.807) is 24.3 Å². The predicted octanol–water partition coefficient (Wildman–Crippen LogP) is 3.57. The van der Waals surface area contributed by atoms with Crippen molar-refractivity contribution in [3.05, 3.63) is 59.7 Å².